The van der Waals surface area contributed by atoms with Crippen LogP contribution in [-0.4, -0.2) is 19.1 Å². The quantitative estimate of drug-likeness (QED) is 0.657. The van der Waals surface area contributed by atoms with Crippen LogP contribution < -0.4 is 5.32 Å². The molecule has 1 aromatic carbocycles. The highest BCUT2D eigenvalue weighted by atomic mass is 16.5. The molecule has 0 amide bonds. The number of rotatable bonds is 3. The number of benzene rings is 1. The molecule has 0 aliphatic carbocycles. The van der Waals surface area contributed by atoms with E-state index in [-0.39, 0.29) is 5.97 Å². The maximum atomic E-state index is 11.3. The van der Waals surface area contributed by atoms with Crippen LogP contribution in [0.2, 0.25) is 0 Å². The van der Waals surface area contributed by atoms with Gasteiger partial charge in [-0.25, -0.2) is 4.79 Å². The molecule has 18 heavy (non-hydrogen) atoms. The van der Waals surface area contributed by atoms with Gasteiger partial charge in [0, 0.05) is 12.1 Å². The molecule has 3 heteroatoms. The molecule has 0 bridgehead atoms. The van der Waals surface area contributed by atoms with Crippen LogP contribution in [-0.2, 0) is 4.74 Å². The van der Waals surface area contributed by atoms with Gasteiger partial charge < -0.3 is 10.1 Å². The standard InChI is InChI=1S/C15H19NO2/c1-3-13-5-4-6-14(16-13)11-7-9-12(10-8-11)15(17)18-2/h3,7-10,13-14,16H,1,4-6H2,2H3. The largest absolute Gasteiger partial charge is 0.465 e. The van der Waals surface area contributed by atoms with Crippen LogP contribution in [0, 0.1) is 0 Å². The normalized spacial score (nSPS) is 23.4. The second kappa shape index (κ2) is 5.83. The minimum absolute atomic E-state index is 0.290. The van der Waals surface area contributed by atoms with Gasteiger partial charge >= 0.3 is 5.97 Å². The summed E-state index contributed by atoms with van der Waals surface area (Å²) in [6.45, 7) is 3.84. The lowest BCUT2D eigenvalue weighted by Gasteiger charge is -2.29. The minimum Gasteiger partial charge on any atom is -0.465 e. The average Bonchev–Trinajstić information content (AvgIpc) is 2.46. The van der Waals surface area contributed by atoms with Crippen LogP contribution in [0.5, 0.6) is 0 Å². The fourth-order valence-electron chi connectivity index (χ4n) is 2.39. The summed E-state index contributed by atoms with van der Waals surface area (Å²) in [7, 11) is 1.40. The zero-order valence-electron chi connectivity index (χ0n) is 10.7. The first-order chi connectivity index (χ1) is 8.74. The van der Waals surface area contributed by atoms with Gasteiger partial charge in [0.05, 0.1) is 12.7 Å². The number of piperidine rings is 1. The van der Waals surface area contributed by atoms with E-state index in [0.717, 1.165) is 12.8 Å². The number of carbonyl (C=O) groups excluding carboxylic acids is 1. The van der Waals surface area contributed by atoms with Crippen LogP contribution in [0.25, 0.3) is 0 Å². The Morgan fingerprint density at radius 3 is 2.72 bits per heavy atom. The van der Waals surface area contributed by atoms with Crippen LogP contribution in [0.15, 0.2) is 36.9 Å². The van der Waals surface area contributed by atoms with E-state index in [1.54, 1.807) is 0 Å². The fourth-order valence-corrected chi connectivity index (χ4v) is 2.39. The molecule has 0 saturated carbocycles. The summed E-state index contributed by atoms with van der Waals surface area (Å²) in [5.74, 6) is -0.290. The van der Waals surface area contributed by atoms with E-state index in [2.05, 4.69) is 16.6 Å². The summed E-state index contributed by atoms with van der Waals surface area (Å²) in [5, 5.41) is 3.55. The Kier molecular flexibility index (Phi) is 4.15. The first kappa shape index (κ1) is 12.8. The maximum Gasteiger partial charge on any atom is 0.337 e. The fraction of sp³-hybridized carbons (Fsp3) is 0.400. The molecule has 96 valence electrons. The molecule has 2 atom stereocenters. The third-order valence-electron chi connectivity index (χ3n) is 3.44. The van der Waals surface area contributed by atoms with Gasteiger partial charge in [-0.1, -0.05) is 18.2 Å². The molecular weight excluding hydrogens is 226 g/mol. The lowest BCUT2D eigenvalue weighted by Crippen LogP contribution is -2.35. The molecule has 1 saturated heterocycles. The van der Waals surface area contributed by atoms with Crippen LogP contribution in [0.1, 0.15) is 41.2 Å². The smallest absolute Gasteiger partial charge is 0.337 e. The van der Waals surface area contributed by atoms with Gasteiger partial charge in [-0.05, 0) is 37.0 Å². The molecule has 1 aromatic rings. The van der Waals surface area contributed by atoms with E-state index in [1.165, 1.54) is 19.1 Å². The topological polar surface area (TPSA) is 38.3 Å². The third-order valence-corrected chi connectivity index (χ3v) is 3.44. The van der Waals surface area contributed by atoms with Crippen molar-refractivity contribution < 1.29 is 9.53 Å². The van der Waals surface area contributed by atoms with Crippen LogP contribution >= 0.6 is 0 Å². The van der Waals surface area contributed by atoms with Crippen molar-refractivity contribution >= 4 is 5.97 Å². The molecule has 3 nitrogen and oxygen atoms in total. The highest BCUT2D eigenvalue weighted by Crippen LogP contribution is 2.26. The summed E-state index contributed by atoms with van der Waals surface area (Å²) in [4.78, 5) is 11.3. The second-order valence-electron chi connectivity index (χ2n) is 4.61. The number of hydrogen-bond acceptors (Lipinski definition) is 3. The maximum absolute atomic E-state index is 11.3. The number of carbonyl (C=O) groups is 1. The van der Waals surface area contributed by atoms with E-state index in [0.29, 0.717) is 17.6 Å². The van der Waals surface area contributed by atoms with Gasteiger partial charge in [0.2, 0.25) is 0 Å². The van der Waals surface area contributed by atoms with Gasteiger partial charge in [-0.2, -0.15) is 0 Å². The Hall–Kier alpha value is -1.61. The first-order valence-electron chi connectivity index (χ1n) is 6.31. The van der Waals surface area contributed by atoms with Gasteiger partial charge in [-0.15, -0.1) is 6.58 Å². The summed E-state index contributed by atoms with van der Waals surface area (Å²) >= 11 is 0. The van der Waals surface area contributed by atoms with Crippen molar-refractivity contribution in [3.8, 4) is 0 Å². The van der Waals surface area contributed by atoms with Gasteiger partial charge in [0.15, 0.2) is 0 Å². The van der Waals surface area contributed by atoms with E-state index in [1.807, 2.05) is 30.3 Å². The first-order valence-corrected chi connectivity index (χ1v) is 6.31. The van der Waals surface area contributed by atoms with E-state index in [9.17, 15) is 4.79 Å². The Morgan fingerprint density at radius 1 is 1.39 bits per heavy atom. The minimum atomic E-state index is -0.290. The van der Waals surface area contributed by atoms with Crippen molar-refractivity contribution in [1.82, 2.24) is 5.32 Å². The van der Waals surface area contributed by atoms with Crippen molar-refractivity contribution in [3.63, 3.8) is 0 Å². The second-order valence-corrected chi connectivity index (χ2v) is 4.61. The van der Waals surface area contributed by atoms with Crippen molar-refractivity contribution in [3.05, 3.63) is 48.0 Å². The van der Waals surface area contributed by atoms with Crippen molar-refractivity contribution in [2.45, 2.75) is 31.3 Å². The zero-order valence-corrected chi connectivity index (χ0v) is 10.7. The number of ether oxygens (including phenoxy) is 1. The lowest BCUT2D eigenvalue weighted by molar-refractivity contribution is 0.0600. The number of methoxy groups -OCH3 is 1. The monoisotopic (exact) mass is 245 g/mol. The molecule has 2 unspecified atom stereocenters. The number of esters is 1. The summed E-state index contributed by atoms with van der Waals surface area (Å²) in [5.41, 5.74) is 1.81. The number of hydrogen-bond donors (Lipinski definition) is 1. The van der Waals surface area contributed by atoms with E-state index < -0.39 is 0 Å². The third kappa shape index (κ3) is 2.79. The van der Waals surface area contributed by atoms with Crippen LogP contribution in [0.4, 0.5) is 0 Å². The Balaban J connectivity index is 2.09. The molecule has 1 N–H and O–H groups in total. The highest BCUT2D eigenvalue weighted by Gasteiger charge is 2.20. The zero-order chi connectivity index (χ0) is 13.0. The predicted molar refractivity (Wildman–Crippen MR) is 71.5 cm³/mol. The molecular formula is C15H19NO2. The Morgan fingerprint density at radius 2 is 2.11 bits per heavy atom. The van der Waals surface area contributed by atoms with Crippen LogP contribution in [0.3, 0.4) is 0 Å². The Bertz CT molecular complexity index is 425. The van der Waals surface area contributed by atoms with E-state index in [4.69, 9.17) is 0 Å². The highest BCUT2D eigenvalue weighted by molar-refractivity contribution is 5.89. The molecule has 1 heterocycles. The molecule has 1 aliphatic heterocycles. The number of nitrogens with one attached hydrogen (secondary N) is 1. The van der Waals surface area contributed by atoms with Gasteiger partial charge in [-0.3, -0.25) is 0 Å². The summed E-state index contributed by atoms with van der Waals surface area (Å²) < 4.78 is 4.69. The molecule has 0 spiro atoms. The summed E-state index contributed by atoms with van der Waals surface area (Å²) in [6.07, 6.45) is 5.45. The Labute approximate surface area is 108 Å². The molecule has 0 aromatic heterocycles. The van der Waals surface area contributed by atoms with Crippen molar-refractivity contribution in [2.75, 3.05) is 7.11 Å². The van der Waals surface area contributed by atoms with E-state index >= 15 is 0 Å². The predicted octanol–water partition coefficient (Wildman–Crippen LogP) is 2.84. The van der Waals surface area contributed by atoms with Crippen molar-refractivity contribution in [2.24, 2.45) is 0 Å². The molecule has 1 fully saturated rings. The van der Waals surface area contributed by atoms with Crippen molar-refractivity contribution in [1.29, 1.82) is 0 Å². The average molecular weight is 245 g/mol. The van der Waals surface area contributed by atoms with Gasteiger partial charge in [0.1, 0.15) is 0 Å². The summed E-state index contributed by atoms with van der Waals surface area (Å²) in [6, 6.07) is 8.38. The molecule has 0 radical (unpaired) electrons. The molecule has 1 aliphatic rings. The molecule has 2 rings (SSSR count). The lowest BCUT2D eigenvalue weighted by atomic mass is 9.93. The van der Waals surface area contributed by atoms with Gasteiger partial charge in [0.25, 0.3) is 0 Å². The SMILES string of the molecule is C=CC1CCCC(c2ccc(C(=O)OC)cc2)N1.